The van der Waals surface area contributed by atoms with Gasteiger partial charge in [-0.3, -0.25) is 9.59 Å². The van der Waals surface area contributed by atoms with Crippen molar-refractivity contribution in [2.75, 3.05) is 11.5 Å². The predicted molar refractivity (Wildman–Crippen MR) is 116 cm³/mol. The summed E-state index contributed by atoms with van der Waals surface area (Å²) in [5, 5.41) is 0. The molecule has 8 nitrogen and oxygen atoms in total. The Hall–Kier alpha value is -3.50. The third-order valence-corrected chi connectivity index (χ3v) is 7.06. The molecule has 0 aliphatic carbocycles. The van der Waals surface area contributed by atoms with Crippen molar-refractivity contribution in [3.8, 4) is 5.75 Å². The molecule has 172 valence electrons. The van der Waals surface area contributed by atoms with Crippen molar-refractivity contribution in [1.82, 2.24) is 4.31 Å². The van der Waals surface area contributed by atoms with E-state index in [9.17, 15) is 22.4 Å². The topological polar surface area (TPSA) is 97.1 Å². The lowest BCUT2D eigenvalue weighted by Crippen LogP contribution is -2.45. The normalized spacial score (nSPS) is 16.6. The Labute approximate surface area is 190 Å². The number of benzene rings is 2. The van der Waals surface area contributed by atoms with Crippen LogP contribution in [0.3, 0.4) is 0 Å². The number of ether oxygens (including phenoxy) is 1. The summed E-state index contributed by atoms with van der Waals surface area (Å²) in [5.74, 6) is -0.940. The smallest absolute Gasteiger partial charge is 0.252 e. The first kappa shape index (κ1) is 22.7. The maximum atomic E-state index is 13.4. The first-order valence-electron chi connectivity index (χ1n) is 10.2. The van der Waals surface area contributed by atoms with E-state index in [2.05, 4.69) is 0 Å². The van der Waals surface area contributed by atoms with E-state index in [4.69, 9.17) is 9.15 Å². The summed E-state index contributed by atoms with van der Waals surface area (Å²) in [4.78, 5) is 26.9. The fourth-order valence-corrected chi connectivity index (χ4v) is 5.18. The lowest BCUT2D eigenvalue weighted by Gasteiger charge is -2.26. The summed E-state index contributed by atoms with van der Waals surface area (Å²) in [7, 11) is -4.27. The SMILES string of the molecule is CCOc1ccc(N2C(=O)CC(N(Cc3ccco3)S(=O)(=O)c3ccc(F)cc3)C2=O)cc1. The van der Waals surface area contributed by atoms with E-state index in [1.165, 1.54) is 6.26 Å². The number of anilines is 1. The highest BCUT2D eigenvalue weighted by Gasteiger charge is 2.47. The van der Waals surface area contributed by atoms with Gasteiger partial charge in [0, 0.05) is 0 Å². The number of imide groups is 1. The largest absolute Gasteiger partial charge is 0.494 e. The van der Waals surface area contributed by atoms with Crippen molar-refractivity contribution in [3.63, 3.8) is 0 Å². The van der Waals surface area contributed by atoms with E-state index >= 15 is 0 Å². The summed E-state index contributed by atoms with van der Waals surface area (Å²) >= 11 is 0. The molecule has 2 amide bonds. The second kappa shape index (κ2) is 9.16. The van der Waals surface area contributed by atoms with Crippen molar-refractivity contribution < 1.29 is 31.6 Å². The molecule has 0 saturated carbocycles. The molecule has 0 spiro atoms. The van der Waals surface area contributed by atoms with Gasteiger partial charge in [0.2, 0.25) is 15.9 Å². The van der Waals surface area contributed by atoms with Crippen molar-refractivity contribution in [2.24, 2.45) is 0 Å². The van der Waals surface area contributed by atoms with Gasteiger partial charge in [0.15, 0.2) is 0 Å². The molecule has 1 aromatic heterocycles. The highest BCUT2D eigenvalue weighted by molar-refractivity contribution is 7.89. The molecule has 1 aliphatic rings. The van der Waals surface area contributed by atoms with Crippen LogP contribution in [0.5, 0.6) is 5.75 Å². The van der Waals surface area contributed by atoms with E-state index in [0.29, 0.717) is 23.8 Å². The third kappa shape index (κ3) is 4.53. The molecule has 2 heterocycles. The van der Waals surface area contributed by atoms with Crippen LogP contribution in [0.1, 0.15) is 19.1 Å². The number of halogens is 1. The molecule has 1 fully saturated rings. The Morgan fingerprint density at radius 3 is 2.39 bits per heavy atom. The number of hydrogen-bond donors (Lipinski definition) is 0. The Kier molecular flexibility index (Phi) is 6.30. The highest BCUT2D eigenvalue weighted by atomic mass is 32.2. The fourth-order valence-electron chi connectivity index (χ4n) is 3.63. The minimum absolute atomic E-state index is 0.199. The molecule has 10 heteroatoms. The van der Waals surface area contributed by atoms with Crippen molar-refractivity contribution in [1.29, 1.82) is 0 Å². The van der Waals surface area contributed by atoms with Gasteiger partial charge in [-0.25, -0.2) is 17.7 Å². The zero-order valence-electron chi connectivity index (χ0n) is 17.7. The Bertz CT molecular complexity index is 1240. The third-order valence-electron chi connectivity index (χ3n) is 5.19. The van der Waals surface area contributed by atoms with E-state index in [1.807, 2.05) is 6.92 Å². The molecule has 0 N–H and O–H groups in total. The van der Waals surface area contributed by atoms with Crippen LogP contribution in [0.4, 0.5) is 10.1 Å². The van der Waals surface area contributed by atoms with Crippen LogP contribution in [-0.4, -0.2) is 37.2 Å². The van der Waals surface area contributed by atoms with Crippen LogP contribution < -0.4 is 9.64 Å². The van der Waals surface area contributed by atoms with Gasteiger partial charge in [0.05, 0.1) is 36.4 Å². The van der Waals surface area contributed by atoms with Crippen LogP contribution in [0.15, 0.2) is 76.2 Å². The molecular weight excluding hydrogens is 451 g/mol. The number of amides is 2. The molecule has 2 aromatic carbocycles. The number of sulfonamides is 1. The van der Waals surface area contributed by atoms with Crippen molar-refractivity contribution in [3.05, 3.63) is 78.5 Å². The zero-order valence-corrected chi connectivity index (χ0v) is 18.5. The number of hydrogen-bond acceptors (Lipinski definition) is 6. The standard InChI is InChI=1S/C23H21FN2O6S/c1-2-31-18-9-7-17(8-10-18)26-22(27)14-21(23(26)28)25(15-19-4-3-13-32-19)33(29,30)20-11-5-16(24)6-12-20/h3-13,21H,2,14-15H2,1H3. The molecule has 33 heavy (non-hydrogen) atoms. The predicted octanol–water partition coefficient (Wildman–Crippen LogP) is 3.34. The Morgan fingerprint density at radius 2 is 1.79 bits per heavy atom. The maximum absolute atomic E-state index is 13.4. The molecular formula is C23H21FN2O6S. The lowest BCUT2D eigenvalue weighted by molar-refractivity contribution is -0.122. The monoisotopic (exact) mass is 472 g/mol. The second-order valence-electron chi connectivity index (χ2n) is 7.30. The second-order valence-corrected chi connectivity index (χ2v) is 9.19. The first-order chi connectivity index (χ1) is 15.8. The number of furan rings is 1. The molecule has 4 rings (SSSR count). The minimum Gasteiger partial charge on any atom is -0.494 e. The van der Waals surface area contributed by atoms with Crippen molar-refractivity contribution in [2.45, 2.75) is 30.8 Å². The van der Waals surface area contributed by atoms with Gasteiger partial charge >= 0.3 is 0 Å². The van der Waals surface area contributed by atoms with Gasteiger partial charge in [0.25, 0.3) is 5.91 Å². The molecule has 1 aliphatic heterocycles. The van der Waals surface area contributed by atoms with Crippen molar-refractivity contribution >= 4 is 27.5 Å². The van der Waals surface area contributed by atoms with Crippen LogP contribution in [-0.2, 0) is 26.2 Å². The Morgan fingerprint density at radius 1 is 1.09 bits per heavy atom. The number of carbonyl (C=O) groups is 2. The average molecular weight is 472 g/mol. The van der Waals surface area contributed by atoms with Gasteiger partial charge in [-0.2, -0.15) is 4.31 Å². The lowest BCUT2D eigenvalue weighted by atomic mass is 10.2. The number of rotatable bonds is 8. The molecule has 3 aromatic rings. The molecule has 0 radical (unpaired) electrons. The quantitative estimate of drug-likeness (QED) is 0.467. The number of carbonyl (C=O) groups excluding carboxylic acids is 2. The molecule has 1 saturated heterocycles. The van der Waals surface area contributed by atoms with Crippen LogP contribution in [0, 0.1) is 5.82 Å². The van der Waals surface area contributed by atoms with Gasteiger partial charge < -0.3 is 9.15 Å². The maximum Gasteiger partial charge on any atom is 0.252 e. The Balaban J connectivity index is 1.69. The fraction of sp³-hybridized carbons (Fsp3) is 0.217. The molecule has 1 atom stereocenters. The zero-order chi connectivity index (χ0) is 23.6. The van der Waals surface area contributed by atoms with Crippen LogP contribution in [0.25, 0.3) is 0 Å². The van der Waals surface area contributed by atoms with E-state index in [-0.39, 0.29) is 17.9 Å². The van der Waals surface area contributed by atoms with E-state index in [1.54, 1.807) is 36.4 Å². The average Bonchev–Trinajstić information content (AvgIpc) is 3.41. The summed E-state index contributed by atoms with van der Waals surface area (Å²) in [6.07, 6.45) is 1.04. The van der Waals surface area contributed by atoms with Gasteiger partial charge in [-0.05, 0) is 67.6 Å². The molecule has 0 bridgehead atoms. The van der Waals surface area contributed by atoms with Crippen LogP contribution in [0.2, 0.25) is 0 Å². The minimum atomic E-state index is -4.27. The van der Waals surface area contributed by atoms with Gasteiger partial charge in [-0.15, -0.1) is 0 Å². The summed E-state index contributed by atoms with van der Waals surface area (Å²) < 4.78 is 51.8. The van der Waals surface area contributed by atoms with E-state index < -0.39 is 33.7 Å². The molecule has 1 unspecified atom stereocenters. The number of nitrogens with zero attached hydrogens (tertiary/aromatic N) is 2. The summed E-state index contributed by atoms with van der Waals surface area (Å²) in [6.45, 7) is 2.03. The highest BCUT2D eigenvalue weighted by Crippen LogP contribution is 2.31. The van der Waals surface area contributed by atoms with Crippen LogP contribution >= 0.6 is 0 Å². The van der Waals surface area contributed by atoms with Gasteiger partial charge in [0.1, 0.15) is 23.4 Å². The van der Waals surface area contributed by atoms with E-state index in [0.717, 1.165) is 33.5 Å². The van der Waals surface area contributed by atoms with Gasteiger partial charge in [-0.1, -0.05) is 0 Å². The summed E-state index contributed by atoms with van der Waals surface area (Å²) in [5.41, 5.74) is 0.313. The first-order valence-corrected chi connectivity index (χ1v) is 11.6. The summed E-state index contributed by atoms with van der Waals surface area (Å²) in [6, 6.07) is 12.5.